The molecule has 132 valence electrons. The van der Waals surface area contributed by atoms with Crippen LogP contribution in [0.5, 0.6) is 5.75 Å². The first kappa shape index (κ1) is 17.6. The molecule has 1 aliphatic heterocycles. The summed E-state index contributed by atoms with van der Waals surface area (Å²) >= 11 is 5.87. The number of nitrogens with zero attached hydrogens (tertiary/aromatic N) is 1. The van der Waals surface area contributed by atoms with Crippen molar-refractivity contribution in [3.05, 3.63) is 64.7 Å². The fourth-order valence-corrected chi connectivity index (χ4v) is 3.15. The van der Waals surface area contributed by atoms with Crippen molar-refractivity contribution >= 4 is 17.7 Å². The van der Waals surface area contributed by atoms with E-state index in [9.17, 15) is 13.6 Å². The highest BCUT2D eigenvalue weighted by Crippen LogP contribution is 2.29. The van der Waals surface area contributed by atoms with Crippen molar-refractivity contribution in [2.45, 2.75) is 12.0 Å². The van der Waals surface area contributed by atoms with Crippen LogP contribution in [0.4, 0.5) is 13.6 Å². The predicted molar refractivity (Wildman–Crippen MR) is 91.0 cm³/mol. The third-order valence-electron chi connectivity index (χ3n) is 4.36. The van der Waals surface area contributed by atoms with E-state index in [0.717, 1.165) is 5.56 Å². The number of rotatable bonds is 3. The third-order valence-corrected chi connectivity index (χ3v) is 4.65. The summed E-state index contributed by atoms with van der Waals surface area (Å²) in [6.45, 7) is 1.22. The van der Waals surface area contributed by atoms with Gasteiger partial charge in [-0.25, -0.2) is 13.6 Å². The monoisotopic (exact) mass is 366 g/mol. The van der Waals surface area contributed by atoms with Crippen LogP contribution in [0, 0.1) is 11.6 Å². The van der Waals surface area contributed by atoms with Crippen LogP contribution in [0.2, 0.25) is 5.02 Å². The predicted octanol–water partition coefficient (Wildman–Crippen LogP) is 3.80. The van der Waals surface area contributed by atoms with E-state index >= 15 is 0 Å². The fraction of sp³-hybridized carbons (Fsp3) is 0.278. The van der Waals surface area contributed by atoms with Gasteiger partial charge in [0.1, 0.15) is 17.4 Å². The topological polar surface area (TPSA) is 41.6 Å². The molecular formula is C18H17ClF2N2O2. The van der Waals surface area contributed by atoms with Crippen molar-refractivity contribution in [1.29, 1.82) is 0 Å². The van der Waals surface area contributed by atoms with Crippen LogP contribution in [0.15, 0.2) is 42.5 Å². The second kappa shape index (κ2) is 7.37. The minimum Gasteiger partial charge on any atom is -0.410 e. The van der Waals surface area contributed by atoms with Crippen LogP contribution in [-0.2, 0) is 0 Å². The van der Waals surface area contributed by atoms with Crippen molar-refractivity contribution in [1.82, 2.24) is 10.2 Å². The highest BCUT2D eigenvalue weighted by Gasteiger charge is 2.34. The van der Waals surface area contributed by atoms with E-state index in [4.69, 9.17) is 16.3 Å². The molecule has 0 bridgehead atoms. The van der Waals surface area contributed by atoms with E-state index in [-0.39, 0.29) is 22.7 Å². The largest absolute Gasteiger partial charge is 0.415 e. The second-order valence-corrected chi connectivity index (χ2v) is 6.35. The lowest BCUT2D eigenvalue weighted by atomic mass is 9.93. The van der Waals surface area contributed by atoms with Gasteiger partial charge >= 0.3 is 6.09 Å². The van der Waals surface area contributed by atoms with Gasteiger partial charge in [-0.05, 0) is 42.0 Å². The molecule has 1 heterocycles. The van der Waals surface area contributed by atoms with Crippen LogP contribution in [0.25, 0.3) is 0 Å². The lowest BCUT2D eigenvalue weighted by Gasteiger charge is -2.28. The van der Waals surface area contributed by atoms with Crippen molar-refractivity contribution in [3.63, 3.8) is 0 Å². The molecule has 2 aromatic carbocycles. The molecule has 0 saturated carbocycles. The highest BCUT2D eigenvalue weighted by molar-refractivity contribution is 6.30. The maximum absolute atomic E-state index is 13.4. The standard InChI is InChI=1S/C18H17ClF2N2O2/c1-23(18(24)25-13-5-3-12(20)4-6-13)17-10-22-9-14(17)11-2-7-16(21)15(19)8-11/h2-8,14,17,22H,9-10H2,1H3/t14-,17+/m0/s1. The molecule has 1 aliphatic rings. The van der Waals surface area contributed by atoms with Gasteiger partial charge in [-0.1, -0.05) is 17.7 Å². The fourth-order valence-electron chi connectivity index (χ4n) is 2.97. The number of hydrogen-bond donors (Lipinski definition) is 1. The number of carbonyl (C=O) groups is 1. The van der Waals surface area contributed by atoms with Crippen LogP contribution >= 0.6 is 11.6 Å². The number of amides is 1. The van der Waals surface area contributed by atoms with E-state index in [1.807, 2.05) is 0 Å². The van der Waals surface area contributed by atoms with Crippen molar-refractivity contribution in [3.8, 4) is 5.75 Å². The van der Waals surface area contributed by atoms with Gasteiger partial charge in [0.2, 0.25) is 0 Å². The van der Waals surface area contributed by atoms with Gasteiger partial charge in [-0.2, -0.15) is 0 Å². The molecule has 1 saturated heterocycles. The summed E-state index contributed by atoms with van der Waals surface area (Å²) in [5.74, 6) is -0.646. The summed E-state index contributed by atoms with van der Waals surface area (Å²) < 4.78 is 31.6. The minimum absolute atomic E-state index is 0.0381. The van der Waals surface area contributed by atoms with Gasteiger partial charge in [0.15, 0.2) is 0 Å². The molecule has 0 radical (unpaired) electrons. The quantitative estimate of drug-likeness (QED) is 0.898. The van der Waals surface area contributed by atoms with Gasteiger partial charge in [0.05, 0.1) is 11.1 Å². The molecule has 4 nitrogen and oxygen atoms in total. The average molecular weight is 367 g/mol. The average Bonchev–Trinajstić information content (AvgIpc) is 3.08. The highest BCUT2D eigenvalue weighted by atomic mass is 35.5. The van der Waals surface area contributed by atoms with Gasteiger partial charge in [-0.15, -0.1) is 0 Å². The summed E-state index contributed by atoms with van der Waals surface area (Å²) in [7, 11) is 1.64. The number of halogens is 3. The summed E-state index contributed by atoms with van der Waals surface area (Å²) in [5, 5.41) is 3.28. The Kier molecular flexibility index (Phi) is 5.20. The van der Waals surface area contributed by atoms with E-state index in [2.05, 4.69) is 5.32 Å². The summed E-state index contributed by atoms with van der Waals surface area (Å²) in [5.41, 5.74) is 0.850. The Morgan fingerprint density at radius 2 is 1.92 bits per heavy atom. The molecule has 1 amide bonds. The van der Waals surface area contributed by atoms with E-state index in [0.29, 0.717) is 13.1 Å². The van der Waals surface area contributed by atoms with Gasteiger partial charge in [-0.3, -0.25) is 0 Å². The van der Waals surface area contributed by atoms with Crippen LogP contribution < -0.4 is 10.1 Å². The Labute approximate surface area is 149 Å². The molecule has 7 heteroatoms. The molecule has 0 spiro atoms. The summed E-state index contributed by atoms with van der Waals surface area (Å²) in [4.78, 5) is 13.9. The third kappa shape index (κ3) is 3.91. The Bertz CT molecular complexity index is 770. The van der Waals surface area contributed by atoms with Crippen molar-refractivity contribution < 1.29 is 18.3 Å². The van der Waals surface area contributed by atoms with Gasteiger partial charge in [0.25, 0.3) is 0 Å². The lowest BCUT2D eigenvalue weighted by molar-refractivity contribution is 0.145. The Morgan fingerprint density at radius 3 is 2.60 bits per heavy atom. The molecule has 0 unspecified atom stereocenters. The zero-order valence-electron chi connectivity index (χ0n) is 13.5. The molecule has 2 atom stereocenters. The number of hydrogen-bond acceptors (Lipinski definition) is 3. The zero-order valence-corrected chi connectivity index (χ0v) is 14.3. The van der Waals surface area contributed by atoms with E-state index < -0.39 is 17.7 Å². The number of likely N-dealkylation sites (N-methyl/N-ethyl adjacent to an activating group) is 1. The second-order valence-electron chi connectivity index (χ2n) is 5.94. The van der Waals surface area contributed by atoms with Crippen LogP contribution in [0.3, 0.4) is 0 Å². The summed E-state index contributed by atoms with van der Waals surface area (Å²) in [6.07, 6.45) is -0.543. The molecule has 2 aromatic rings. The number of nitrogens with one attached hydrogen (secondary N) is 1. The minimum atomic E-state index is -0.543. The Hall–Kier alpha value is -2.18. The number of carbonyl (C=O) groups excluding carboxylic acids is 1. The first-order valence-electron chi connectivity index (χ1n) is 7.81. The van der Waals surface area contributed by atoms with Gasteiger partial charge < -0.3 is 15.0 Å². The first-order chi connectivity index (χ1) is 12.0. The number of benzene rings is 2. The molecule has 1 fully saturated rings. The molecule has 0 aliphatic carbocycles. The van der Waals surface area contributed by atoms with Crippen LogP contribution in [0.1, 0.15) is 11.5 Å². The van der Waals surface area contributed by atoms with Crippen molar-refractivity contribution in [2.24, 2.45) is 0 Å². The van der Waals surface area contributed by atoms with Crippen LogP contribution in [-0.4, -0.2) is 37.2 Å². The zero-order chi connectivity index (χ0) is 18.0. The SMILES string of the molecule is CN(C(=O)Oc1ccc(F)cc1)[C@@H]1CNC[C@H]1c1ccc(F)c(Cl)c1. The molecule has 0 aromatic heterocycles. The Morgan fingerprint density at radius 1 is 1.20 bits per heavy atom. The lowest BCUT2D eigenvalue weighted by Crippen LogP contribution is -2.42. The van der Waals surface area contributed by atoms with E-state index in [1.54, 1.807) is 19.2 Å². The molecule has 25 heavy (non-hydrogen) atoms. The van der Waals surface area contributed by atoms with Crippen molar-refractivity contribution in [2.75, 3.05) is 20.1 Å². The Balaban J connectivity index is 1.73. The maximum Gasteiger partial charge on any atom is 0.415 e. The van der Waals surface area contributed by atoms with E-state index in [1.165, 1.54) is 35.2 Å². The summed E-state index contributed by atoms with van der Waals surface area (Å²) in [6, 6.07) is 9.65. The molecule has 1 N–H and O–H groups in total. The smallest absolute Gasteiger partial charge is 0.410 e. The number of ether oxygens (including phenoxy) is 1. The van der Waals surface area contributed by atoms with Gasteiger partial charge in [0, 0.05) is 26.1 Å². The first-order valence-corrected chi connectivity index (χ1v) is 8.19. The molecule has 3 rings (SSSR count). The molecular weight excluding hydrogens is 350 g/mol. The maximum atomic E-state index is 13.4. The normalized spacial score (nSPS) is 19.7.